The Kier molecular flexibility index (Phi) is 6.34. The first kappa shape index (κ1) is 23.2. The fraction of sp³-hybridized carbons (Fsp3) is 0.0370. The van der Waals surface area contributed by atoms with E-state index in [9.17, 15) is 4.79 Å². The van der Waals surface area contributed by atoms with Gasteiger partial charge in [0.2, 0.25) is 0 Å². The molecule has 8 heteroatoms. The van der Waals surface area contributed by atoms with Crippen LogP contribution in [0.3, 0.4) is 0 Å². The molecule has 0 bridgehead atoms. The van der Waals surface area contributed by atoms with E-state index in [0.717, 1.165) is 33.5 Å². The number of halogens is 2. The fourth-order valence-corrected chi connectivity index (χ4v) is 5.14. The van der Waals surface area contributed by atoms with Gasteiger partial charge in [-0.25, -0.2) is 4.98 Å². The number of benzene rings is 3. The van der Waals surface area contributed by atoms with Crippen molar-refractivity contribution in [1.82, 2.24) is 4.98 Å². The number of ether oxygens (including phenoxy) is 1. The summed E-state index contributed by atoms with van der Waals surface area (Å²) in [6.07, 6.45) is 0. The number of hydrogen-bond donors (Lipinski definition) is 2. The topological polar surface area (TPSA) is 77.2 Å². The van der Waals surface area contributed by atoms with Crippen molar-refractivity contribution in [2.24, 2.45) is 0 Å². The molecule has 0 radical (unpaired) electrons. The smallest absolute Gasteiger partial charge is 0.267 e. The van der Waals surface area contributed by atoms with Crippen LogP contribution >= 0.6 is 34.5 Å². The van der Waals surface area contributed by atoms with Gasteiger partial charge >= 0.3 is 0 Å². The summed E-state index contributed by atoms with van der Waals surface area (Å²) in [7, 11) is 1.63. The average Bonchev–Trinajstić information content (AvgIpc) is 3.20. The van der Waals surface area contributed by atoms with Crippen LogP contribution in [0.15, 0.2) is 78.9 Å². The highest BCUT2D eigenvalue weighted by atomic mass is 35.5. The summed E-state index contributed by atoms with van der Waals surface area (Å²) in [4.78, 5) is 19.1. The second kappa shape index (κ2) is 9.58. The summed E-state index contributed by atoms with van der Waals surface area (Å²) < 4.78 is 5.28. The number of nitrogens with zero attached hydrogens (tertiary/aromatic N) is 1. The zero-order valence-corrected chi connectivity index (χ0v) is 20.8. The number of pyridine rings is 1. The third-order valence-corrected chi connectivity index (χ3v) is 7.11. The molecule has 35 heavy (non-hydrogen) atoms. The van der Waals surface area contributed by atoms with E-state index in [2.05, 4.69) is 5.32 Å². The molecule has 0 unspecified atom stereocenters. The lowest BCUT2D eigenvalue weighted by molar-refractivity contribution is 0.103. The molecule has 5 rings (SSSR count). The molecule has 0 aliphatic rings. The van der Waals surface area contributed by atoms with Gasteiger partial charge in [-0.3, -0.25) is 4.79 Å². The minimum atomic E-state index is -0.319. The van der Waals surface area contributed by atoms with Gasteiger partial charge in [0.05, 0.1) is 18.5 Å². The highest BCUT2D eigenvalue weighted by Crippen LogP contribution is 2.42. The van der Waals surface area contributed by atoms with Crippen molar-refractivity contribution < 1.29 is 9.53 Å². The van der Waals surface area contributed by atoms with Crippen LogP contribution in [0.25, 0.3) is 32.6 Å². The number of carbonyl (C=O) groups excluding carboxylic acids is 1. The molecule has 2 heterocycles. The second-order valence-corrected chi connectivity index (χ2v) is 9.65. The number of thiophene rings is 1. The molecular weight excluding hydrogens is 501 g/mol. The molecule has 1 amide bonds. The van der Waals surface area contributed by atoms with Crippen molar-refractivity contribution in [1.29, 1.82) is 0 Å². The first-order valence-electron chi connectivity index (χ1n) is 10.6. The Morgan fingerprint density at radius 2 is 1.66 bits per heavy atom. The summed E-state index contributed by atoms with van der Waals surface area (Å²) in [5.74, 6) is 0.439. The highest BCUT2D eigenvalue weighted by molar-refractivity contribution is 7.21. The SMILES string of the molecule is COc1ccc(-c2cc(-c3ccc(Cl)cc3)c3c(N)c(C(=O)Nc4cccc(Cl)c4)sc3n2)cc1. The van der Waals surface area contributed by atoms with Crippen LogP contribution in [0, 0.1) is 0 Å². The molecular formula is C27H19Cl2N3O2S. The van der Waals surface area contributed by atoms with E-state index >= 15 is 0 Å². The number of aromatic nitrogens is 1. The molecule has 0 atom stereocenters. The molecule has 3 aromatic carbocycles. The number of methoxy groups -OCH3 is 1. The molecule has 5 nitrogen and oxygen atoms in total. The molecule has 0 spiro atoms. The minimum absolute atomic E-state index is 0.319. The minimum Gasteiger partial charge on any atom is -0.497 e. The van der Waals surface area contributed by atoms with E-state index in [4.69, 9.17) is 38.7 Å². The van der Waals surface area contributed by atoms with Crippen LogP contribution in [0.2, 0.25) is 10.0 Å². The summed E-state index contributed by atoms with van der Waals surface area (Å²) in [6.45, 7) is 0. The molecule has 0 aliphatic heterocycles. The van der Waals surface area contributed by atoms with Gasteiger partial charge < -0.3 is 15.8 Å². The number of rotatable bonds is 5. The molecule has 3 N–H and O–H groups in total. The van der Waals surface area contributed by atoms with Crippen LogP contribution in [0.1, 0.15) is 9.67 Å². The van der Waals surface area contributed by atoms with Crippen molar-refractivity contribution in [3.63, 3.8) is 0 Å². The van der Waals surface area contributed by atoms with E-state index < -0.39 is 0 Å². The standard InChI is InChI=1S/C27H19Cl2N3O2S/c1-34-20-11-7-16(8-12-20)22-14-21(15-5-9-17(28)10-6-15)23-24(30)25(35-27(23)32-22)26(33)31-19-4-2-3-18(29)13-19/h2-14H,30H2,1H3,(H,31,33). The predicted octanol–water partition coefficient (Wildman–Crippen LogP) is 7.78. The monoisotopic (exact) mass is 519 g/mol. The lowest BCUT2D eigenvalue weighted by Gasteiger charge is -2.10. The van der Waals surface area contributed by atoms with Crippen molar-refractivity contribution >= 4 is 62.0 Å². The quantitative estimate of drug-likeness (QED) is 0.248. The van der Waals surface area contributed by atoms with E-state index in [1.54, 1.807) is 31.4 Å². The lowest BCUT2D eigenvalue weighted by atomic mass is 9.99. The maximum absolute atomic E-state index is 13.2. The van der Waals surface area contributed by atoms with Crippen molar-refractivity contribution in [2.75, 3.05) is 18.2 Å². The van der Waals surface area contributed by atoms with Crippen LogP contribution < -0.4 is 15.8 Å². The molecule has 0 aliphatic carbocycles. The predicted molar refractivity (Wildman–Crippen MR) is 146 cm³/mol. The Balaban J connectivity index is 1.66. The van der Waals surface area contributed by atoms with Gasteiger partial charge in [0.25, 0.3) is 5.91 Å². The lowest BCUT2D eigenvalue weighted by Crippen LogP contribution is -2.11. The highest BCUT2D eigenvalue weighted by Gasteiger charge is 2.22. The number of nitrogens with two attached hydrogens (primary N) is 1. The molecule has 0 saturated heterocycles. The van der Waals surface area contributed by atoms with Gasteiger partial charge in [-0.15, -0.1) is 11.3 Å². The fourth-order valence-electron chi connectivity index (χ4n) is 3.81. The molecule has 0 saturated carbocycles. The van der Waals surface area contributed by atoms with Gasteiger partial charge in [-0.05, 0) is 71.8 Å². The van der Waals surface area contributed by atoms with Gasteiger partial charge in [0, 0.05) is 26.7 Å². The number of hydrogen-bond acceptors (Lipinski definition) is 5. The number of nitrogen functional groups attached to an aromatic ring is 1. The van der Waals surface area contributed by atoms with Crippen LogP contribution in [0.5, 0.6) is 5.75 Å². The van der Waals surface area contributed by atoms with E-state index in [0.29, 0.717) is 31.1 Å². The summed E-state index contributed by atoms with van der Waals surface area (Å²) in [5.41, 5.74) is 11.0. The molecule has 2 aromatic heterocycles. The number of anilines is 2. The zero-order valence-electron chi connectivity index (χ0n) is 18.5. The van der Waals surface area contributed by atoms with Crippen LogP contribution in [-0.2, 0) is 0 Å². The Hall–Kier alpha value is -3.58. The maximum Gasteiger partial charge on any atom is 0.267 e. The van der Waals surface area contributed by atoms with Crippen molar-refractivity contribution in [2.45, 2.75) is 0 Å². The van der Waals surface area contributed by atoms with E-state index in [-0.39, 0.29) is 5.91 Å². The summed E-state index contributed by atoms with van der Waals surface area (Å²) in [5, 5.41) is 4.77. The Morgan fingerprint density at radius 3 is 2.34 bits per heavy atom. The van der Waals surface area contributed by atoms with Gasteiger partial charge in [-0.1, -0.05) is 41.4 Å². The summed E-state index contributed by atoms with van der Waals surface area (Å²) in [6, 6.07) is 24.1. The first-order chi connectivity index (χ1) is 16.9. The molecule has 0 fully saturated rings. The van der Waals surface area contributed by atoms with Crippen LogP contribution in [-0.4, -0.2) is 18.0 Å². The number of amides is 1. The third-order valence-electron chi connectivity index (χ3n) is 5.53. The first-order valence-corrected chi connectivity index (χ1v) is 12.2. The Bertz CT molecular complexity index is 1550. The van der Waals surface area contributed by atoms with Gasteiger partial charge in [0.1, 0.15) is 15.5 Å². The number of fused-ring (bicyclic) bond motifs is 1. The zero-order chi connectivity index (χ0) is 24.5. The van der Waals surface area contributed by atoms with E-state index in [1.165, 1.54) is 11.3 Å². The molecule has 5 aromatic rings. The van der Waals surface area contributed by atoms with E-state index in [1.807, 2.05) is 54.6 Å². The van der Waals surface area contributed by atoms with Gasteiger partial charge in [0.15, 0.2) is 0 Å². The molecule has 174 valence electrons. The van der Waals surface area contributed by atoms with Crippen molar-refractivity contribution in [3.05, 3.63) is 93.8 Å². The normalized spacial score (nSPS) is 10.9. The van der Waals surface area contributed by atoms with Crippen LogP contribution in [0.4, 0.5) is 11.4 Å². The Labute approximate surface area is 216 Å². The second-order valence-electron chi connectivity index (χ2n) is 7.78. The summed E-state index contributed by atoms with van der Waals surface area (Å²) >= 11 is 13.4. The van der Waals surface area contributed by atoms with Gasteiger partial charge in [-0.2, -0.15) is 0 Å². The Morgan fingerprint density at radius 1 is 0.943 bits per heavy atom. The largest absolute Gasteiger partial charge is 0.497 e. The van der Waals surface area contributed by atoms with Crippen molar-refractivity contribution in [3.8, 4) is 28.1 Å². The third kappa shape index (κ3) is 4.68. The maximum atomic E-state index is 13.2. The number of nitrogens with one attached hydrogen (secondary N) is 1. The number of carbonyl (C=O) groups is 1. The average molecular weight is 520 g/mol.